The van der Waals surface area contributed by atoms with E-state index >= 15 is 0 Å². The number of carbonyl (C=O) groups excluding carboxylic acids is 1. The van der Waals surface area contributed by atoms with Crippen LogP contribution in [0.2, 0.25) is 0 Å². The summed E-state index contributed by atoms with van der Waals surface area (Å²) in [6.45, 7) is 6.78. The van der Waals surface area contributed by atoms with E-state index in [9.17, 15) is 4.79 Å². The molecular formula is C12H23NO2. The van der Waals surface area contributed by atoms with Crippen molar-refractivity contribution in [1.29, 1.82) is 0 Å². The maximum absolute atomic E-state index is 11.7. The first-order valence-corrected chi connectivity index (χ1v) is 6.03. The van der Waals surface area contributed by atoms with Crippen LogP contribution in [0.3, 0.4) is 0 Å². The number of likely N-dealkylation sites (tertiary alicyclic amines) is 1. The molecule has 0 aromatic carbocycles. The number of piperidine rings is 1. The van der Waals surface area contributed by atoms with Gasteiger partial charge in [-0.2, -0.15) is 0 Å². The van der Waals surface area contributed by atoms with E-state index in [1.807, 2.05) is 6.92 Å². The Labute approximate surface area is 92.5 Å². The average Bonchev–Trinajstić information content (AvgIpc) is 2.28. The molecule has 0 saturated carbocycles. The molecular weight excluding hydrogens is 190 g/mol. The topological polar surface area (TPSA) is 40.5 Å². The van der Waals surface area contributed by atoms with Gasteiger partial charge in [0.15, 0.2) is 0 Å². The zero-order valence-electron chi connectivity index (χ0n) is 9.91. The Kier molecular flexibility index (Phi) is 5.26. The van der Waals surface area contributed by atoms with E-state index in [4.69, 9.17) is 5.11 Å². The molecule has 1 heterocycles. The normalized spacial score (nSPS) is 25.1. The molecule has 0 aromatic heterocycles. The van der Waals surface area contributed by atoms with Crippen LogP contribution in [0.25, 0.3) is 0 Å². The van der Waals surface area contributed by atoms with Crippen LogP contribution in [0.15, 0.2) is 0 Å². The molecule has 0 amide bonds. The van der Waals surface area contributed by atoms with Crippen molar-refractivity contribution < 1.29 is 9.90 Å². The first-order chi connectivity index (χ1) is 7.17. The van der Waals surface area contributed by atoms with Crippen LogP contribution in [0.1, 0.15) is 33.1 Å². The number of nitrogens with zero attached hydrogens (tertiary/aromatic N) is 1. The quantitative estimate of drug-likeness (QED) is 0.748. The van der Waals surface area contributed by atoms with E-state index in [0.717, 1.165) is 32.4 Å². The molecule has 1 N–H and O–H groups in total. The van der Waals surface area contributed by atoms with E-state index in [-0.39, 0.29) is 12.5 Å². The highest BCUT2D eigenvalue weighted by Crippen LogP contribution is 2.16. The van der Waals surface area contributed by atoms with Gasteiger partial charge in [0.25, 0.3) is 0 Å². The Balaban J connectivity index is 2.34. The fraction of sp³-hybridized carbons (Fsp3) is 0.917. The van der Waals surface area contributed by atoms with Crippen molar-refractivity contribution in [3.8, 4) is 0 Å². The van der Waals surface area contributed by atoms with Crippen molar-refractivity contribution in [3.63, 3.8) is 0 Å². The minimum Gasteiger partial charge on any atom is -0.396 e. The first-order valence-electron chi connectivity index (χ1n) is 6.03. The fourth-order valence-electron chi connectivity index (χ4n) is 2.05. The lowest BCUT2D eigenvalue weighted by molar-refractivity contribution is -0.124. The monoisotopic (exact) mass is 213 g/mol. The Morgan fingerprint density at radius 1 is 1.60 bits per heavy atom. The molecule has 2 unspecified atom stereocenters. The number of ketones is 1. The van der Waals surface area contributed by atoms with E-state index < -0.39 is 0 Å². The highest BCUT2D eigenvalue weighted by molar-refractivity contribution is 5.82. The zero-order chi connectivity index (χ0) is 11.3. The Bertz CT molecular complexity index is 206. The summed E-state index contributed by atoms with van der Waals surface area (Å²) in [6, 6.07) is 0. The number of rotatable bonds is 5. The van der Waals surface area contributed by atoms with Gasteiger partial charge in [-0.05, 0) is 31.7 Å². The summed E-state index contributed by atoms with van der Waals surface area (Å²) < 4.78 is 0. The molecule has 3 nitrogen and oxygen atoms in total. The molecule has 0 aliphatic carbocycles. The van der Waals surface area contributed by atoms with Crippen molar-refractivity contribution in [2.75, 3.05) is 26.2 Å². The van der Waals surface area contributed by atoms with Gasteiger partial charge in [-0.3, -0.25) is 9.69 Å². The summed E-state index contributed by atoms with van der Waals surface area (Å²) in [5, 5.41) is 9.09. The van der Waals surface area contributed by atoms with Gasteiger partial charge in [0.2, 0.25) is 0 Å². The molecule has 1 fully saturated rings. The van der Waals surface area contributed by atoms with Gasteiger partial charge < -0.3 is 5.11 Å². The van der Waals surface area contributed by atoms with E-state index in [1.54, 1.807) is 0 Å². The average molecular weight is 213 g/mol. The predicted molar refractivity (Wildman–Crippen MR) is 60.7 cm³/mol. The smallest absolute Gasteiger partial charge is 0.149 e. The molecule has 1 rings (SSSR count). The lowest BCUT2D eigenvalue weighted by atomic mass is 9.97. The number of carbonyl (C=O) groups is 1. The lowest BCUT2D eigenvalue weighted by Crippen LogP contribution is -2.41. The highest BCUT2D eigenvalue weighted by Gasteiger charge is 2.22. The number of aliphatic hydroxyl groups excluding tert-OH is 1. The zero-order valence-corrected chi connectivity index (χ0v) is 9.91. The maximum Gasteiger partial charge on any atom is 0.149 e. The van der Waals surface area contributed by atoms with Gasteiger partial charge in [0, 0.05) is 19.1 Å². The van der Waals surface area contributed by atoms with Gasteiger partial charge in [-0.15, -0.1) is 0 Å². The van der Waals surface area contributed by atoms with Gasteiger partial charge in [0.1, 0.15) is 5.78 Å². The second-order valence-electron chi connectivity index (χ2n) is 4.70. The first kappa shape index (κ1) is 12.7. The van der Waals surface area contributed by atoms with Crippen LogP contribution in [0.5, 0.6) is 0 Å². The van der Waals surface area contributed by atoms with Crippen LogP contribution in [0, 0.1) is 11.8 Å². The van der Waals surface area contributed by atoms with Crippen LogP contribution >= 0.6 is 0 Å². The molecule has 88 valence electrons. The van der Waals surface area contributed by atoms with Crippen LogP contribution < -0.4 is 0 Å². The summed E-state index contributed by atoms with van der Waals surface area (Å²) in [6.07, 6.45) is 3.14. The van der Waals surface area contributed by atoms with Gasteiger partial charge in [-0.25, -0.2) is 0 Å². The molecule has 0 aromatic rings. The second kappa shape index (κ2) is 6.23. The van der Waals surface area contributed by atoms with Crippen molar-refractivity contribution in [2.24, 2.45) is 11.8 Å². The molecule has 2 atom stereocenters. The maximum atomic E-state index is 11.7. The van der Waals surface area contributed by atoms with Crippen LogP contribution in [-0.2, 0) is 4.79 Å². The summed E-state index contributed by atoms with van der Waals surface area (Å²) in [5.74, 6) is 0.902. The van der Waals surface area contributed by atoms with E-state index in [1.165, 1.54) is 0 Å². The highest BCUT2D eigenvalue weighted by atomic mass is 16.3. The molecule has 15 heavy (non-hydrogen) atoms. The molecule has 0 radical (unpaired) electrons. The fourth-order valence-corrected chi connectivity index (χ4v) is 2.05. The second-order valence-corrected chi connectivity index (χ2v) is 4.70. The minimum atomic E-state index is 0.180. The number of Topliss-reactive ketones (excluding diaryl/α,β-unsaturated/α-hetero) is 1. The minimum absolute atomic E-state index is 0.180. The third kappa shape index (κ3) is 3.92. The molecule has 3 heteroatoms. The third-order valence-electron chi connectivity index (χ3n) is 3.40. The van der Waals surface area contributed by atoms with Gasteiger partial charge in [-0.1, -0.05) is 13.8 Å². The third-order valence-corrected chi connectivity index (χ3v) is 3.40. The van der Waals surface area contributed by atoms with Crippen molar-refractivity contribution in [1.82, 2.24) is 4.90 Å². The van der Waals surface area contributed by atoms with Crippen molar-refractivity contribution in [3.05, 3.63) is 0 Å². The summed E-state index contributed by atoms with van der Waals surface area (Å²) in [5.41, 5.74) is 0. The molecule has 0 spiro atoms. The Hall–Kier alpha value is -0.410. The van der Waals surface area contributed by atoms with Gasteiger partial charge >= 0.3 is 0 Å². The standard InChI is InChI=1S/C12H23NO2/c1-3-10(2)12(15)8-13-6-4-5-11(7-13)9-14/h10-11,14H,3-9H2,1-2H3. The number of aliphatic hydroxyl groups is 1. The van der Waals surface area contributed by atoms with Gasteiger partial charge in [0.05, 0.1) is 6.54 Å². The summed E-state index contributed by atoms with van der Waals surface area (Å²) in [4.78, 5) is 13.9. The number of hydrogen-bond donors (Lipinski definition) is 1. The van der Waals surface area contributed by atoms with Crippen molar-refractivity contribution >= 4 is 5.78 Å². The SMILES string of the molecule is CCC(C)C(=O)CN1CCCC(CO)C1. The van der Waals surface area contributed by atoms with Crippen LogP contribution in [0.4, 0.5) is 0 Å². The number of hydrogen-bond acceptors (Lipinski definition) is 3. The molecule has 0 bridgehead atoms. The summed E-state index contributed by atoms with van der Waals surface area (Å²) >= 11 is 0. The molecule has 1 aliphatic rings. The Morgan fingerprint density at radius 2 is 2.33 bits per heavy atom. The van der Waals surface area contributed by atoms with Crippen LogP contribution in [-0.4, -0.2) is 42.0 Å². The largest absolute Gasteiger partial charge is 0.396 e. The summed E-state index contributed by atoms with van der Waals surface area (Å²) in [7, 11) is 0. The van der Waals surface area contributed by atoms with E-state index in [0.29, 0.717) is 18.2 Å². The predicted octanol–water partition coefficient (Wildman–Crippen LogP) is 1.31. The lowest BCUT2D eigenvalue weighted by Gasteiger charge is -2.31. The molecule has 1 aliphatic heterocycles. The Morgan fingerprint density at radius 3 is 2.93 bits per heavy atom. The molecule has 1 saturated heterocycles. The van der Waals surface area contributed by atoms with E-state index in [2.05, 4.69) is 11.8 Å². The van der Waals surface area contributed by atoms with Crippen molar-refractivity contribution in [2.45, 2.75) is 33.1 Å².